The van der Waals surface area contributed by atoms with E-state index in [1.54, 1.807) is 11.3 Å². The van der Waals surface area contributed by atoms with E-state index in [0.717, 1.165) is 28.1 Å². The van der Waals surface area contributed by atoms with Crippen LogP contribution < -0.4 is 4.74 Å². The van der Waals surface area contributed by atoms with Crippen LogP contribution in [-0.2, 0) is 24.0 Å². The largest absolute Gasteiger partial charge is 0.449 e. The van der Waals surface area contributed by atoms with Crippen LogP contribution >= 0.6 is 11.3 Å². The van der Waals surface area contributed by atoms with Crippen molar-refractivity contribution in [2.24, 2.45) is 5.92 Å². The van der Waals surface area contributed by atoms with Crippen molar-refractivity contribution in [3.05, 3.63) is 51.5 Å². The molecule has 4 heterocycles. The molecule has 2 aliphatic rings. The third kappa shape index (κ3) is 5.08. The van der Waals surface area contributed by atoms with Gasteiger partial charge < -0.3 is 24.6 Å². The quantitative estimate of drug-likeness (QED) is 0.382. The maximum atomic E-state index is 13.9. The average molecular weight is 521 g/mol. The van der Waals surface area contributed by atoms with E-state index in [1.807, 2.05) is 47.7 Å². The monoisotopic (exact) mass is 521 g/mol. The molecular weight excluding hydrogens is 489 g/mol. The number of ether oxygens (including phenoxy) is 2. The minimum Gasteiger partial charge on any atom is -0.449 e. The average Bonchev–Trinajstić information content (AvgIpc) is 3.45. The van der Waals surface area contributed by atoms with Crippen LogP contribution in [0.15, 0.2) is 29.0 Å². The van der Waals surface area contributed by atoms with Gasteiger partial charge in [0.2, 0.25) is 7.85 Å². The van der Waals surface area contributed by atoms with Gasteiger partial charge in [0.05, 0.1) is 30.1 Å². The Kier molecular flexibility index (Phi) is 6.72. The van der Waals surface area contributed by atoms with E-state index >= 15 is 0 Å². The highest BCUT2D eigenvalue weighted by Crippen LogP contribution is 2.39. The van der Waals surface area contributed by atoms with E-state index in [9.17, 15) is 15.0 Å². The lowest BCUT2D eigenvalue weighted by Gasteiger charge is -2.41. The molecular formula is C27H32BN3O5S. The fourth-order valence-electron chi connectivity index (χ4n) is 5.23. The zero-order chi connectivity index (χ0) is 26.5. The first-order chi connectivity index (χ1) is 17.4. The van der Waals surface area contributed by atoms with Crippen molar-refractivity contribution in [2.75, 3.05) is 19.8 Å². The van der Waals surface area contributed by atoms with Crippen LogP contribution in [0, 0.1) is 5.92 Å². The van der Waals surface area contributed by atoms with E-state index in [1.165, 1.54) is 0 Å². The maximum Gasteiger partial charge on any atom is 0.274 e. The van der Waals surface area contributed by atoms with Crippen molar-refractivity contribution in [3.8, 4) is 22.8 Å². The second-order valence-corrected chi connectivity index (χ2v) is 11.6. The Morgan fingerprint density at radius 2 is 2.11 bits per heavy atom. The van der Waals surface area contributed by atoms with Crippen LogP contribution in [-0.4, -0.2) is 69.6 Å². The van der Waals surface area contributed by atoms with Crippen molar-refractivity contribution in [1.29, 1.82) is 0 Å². The SMILES string of the molecule is [B]C(O)(O)Oc1cc2c(cc1CC(C)C)-n1c(-c3ccsc3)nc(C(=O)N3CCOCC3(C)C)c1CC2. The molecule has 10 heteroatoms. The van der Waals surface area contributed by atoms with Gasteiger partial charge in [-0.25, -0.2) is 4.98 Å². The number of imidazole rings is 1. The van der Waals surface area contributed by atoms with Crippen LogP contribution in [0.5, 0.6) is 5.75 Å². The van der Waals surface area contributed by atoms with Gasteiger partial charge >= 0.3 is 0 Å². The number of morpholine rings is 1. The predicted molar refractivity (Wildman–Crippen MR) is 142 cm³/mol. The van der Waals surface area contributed by atoms with Crippen LogP contribution in [0.2, 0.25) is 0 Å². The number of aryl methyl sites for hydroxylation is 1. The number of amides is 1. The van der Waals surface area contributed by atoms with E-state index in [4.69, 9.17) is 22.3 Å². The minimum atomic E-state index is -2.78. The Balaban J connectivity index is 1.68. The summed E-state index contributed by atoms with van der Waals surface area (Å²) < 4.78 is 13.1. The van der Waals surface area contributed by atoms with Crippen molar-refractivity contribution in [1.82, 2.24) is 14.5 Å². The molecule has 3 aromatic rings. The summed E-state index contributed by atoms with van der Waals surface area (Å²) in [7, 11) is 5.36. The highest BCUT2D eigenvalue weighted by Gasteiger charge is 2.38. The lowest BCUT2D eigenvalue weighted by Crippen LogP contribution is -2.55. The van der Waals surface area contributed by atoms with Crippen molar-refractivity contribution >= 4 is 25.1 Å². The molecule has 1 saturated heterocycles. The van der Waals surface area contributed by atoms with Crippen LogP contribution in [0.4, 0.5) is 0 Å². The number of aliphatic hydroxyl groups is 2. The lowest BCUT2D eigenvalue weighted by molar-refractivity contribution is -0.223. The van der Waals surface area contributed by atoms with Gasteiger partial charge in [-0.2, -0.15) is 11.3 Å². The molecule has 2 N–H and O–H groups in total. The Morgan fingerprint density at radius 1 is 1.32 bits per heavy atom. The number of carbonyl (C=O) groups excluding carboxylic acids is 1. The van der Waals surface area contributed by atoms with Gasteiger partial charge in [-0.1, -0.05) is 13.8 Å². The number of aromatic nitrogens is 2. The Bertz CT molecular complexity index is 1310. The number of hydrogen-bond donors (Lipinski definition) is 2. The van der Waals surface area contributed by atoms with Crippen LogP contribution in [0.25, 0.3) is 17.1 Å². The summed E-state index contributed by atoms with van der Waals surface area (Å²) in [6.07, 6.45) is 1.89. The van der Waals surface area contributed by atoms with Gasteiger partial charge in [0.15, 0.2) is 5.69 Å². The zero-order valence-electron chi connectivity index (χ0n) is 21.7. The fourth-order valence-corrected chi connectivity index (χ4v) is 5.87. The number of thiophene rings is 1. The first-order valence-electron chi connectivity index (χ1n) is 12.6. The van der Waals surface area contributed by atoms with Crippen LogP contribution in [0.1, 0.15) is 55.0 Å². The second-order valence-electron chi connectivity index (χ2n) is 10.8. The van der Waals surface area contributed by atoms with Gasteiger partial charge in [-0.05, 0) is 73.7 Å². The topological polar surface area (TPSA) is 97.0 Å². The molecule has 0 spiro atoms. The molecule has 1 amide bonds. The zero-order valence-corrected chi connectivity index (χ0v) is 22.5. The molecule has 0 aliphatic carbocycles. The highest BCUT2D eigenvalue weighted by atomic mass is 32.1. The van der Waals surface area contributed by atoms with E-state index in [2.05, 4.69) is 18.4 Å². The van der Waals surface area contributed by atoms with E-state index in [0.29, 0.717) is 56.3 Å². The molecule has 8 nitrogen and oxygen atoms in total. The summed E-state index contributed by atoms with van der Waals surface area (Å²) in [5, 5.41) is 23.5. The smallest absolute Gasteiger partial charge is 0.274 e. The van der Waals surface area contributed by atoms with Crippen molar-refractivity contribution in [2.45, 2.75) is 58.4 Å². The molecule has 0 unspecified atom stereocenters. The van der Waals surface area contributed by atoms with Gasteiger partial charge in [-0.3, -0.25) is 9.36 Å². The molecule has 0 saturated carbocycles. The third-order valence-electron chi connectivity index (χ3n) is 6.87. The minimum absolute atomic E-state index is 0.0854. The molecule has 2 aromatic heterocycles. The summed E-state index contributed by atoms with van der Waals surface area (Å²) in [5.41, 5.74) is 4.53. The molecule has 1 fully saturated rings. The van der Waals surface area contributed by atoms with Gasteiger partial charge in [0, 0.05) is 17.5 Å². The van der Waals surface area contributed by atoms with Gasteiger partial charge in [-0.15, -0.1) is 0 Å². The molecule has 2 aliphatic heterocycles. The number of rotatable bonds is 6. The summed E-state index contributed by atoms with van der Waals surface area (Å²) >= 11 is 1.58. The number of nitrogens with zero attached hydrogens (tertiary/aromatic N) is 3. The second kappa shape index (κ2) is 9.58. The Labute approximate surface area is 222 Å². The molecule has 0 atom stereocenters. The van der Waals surface area contributed by atoms with Crippen molar-refractivity contribution < 1.29 is 24.5 Å². The summed E-state index contributed by atoms with van der Waals surface area (Å²) in [6, 6.07) is 5.84. The standard InChI is InChI=1S/C27H32BN3O5S/c1-16(2)11-19-12-21-17(13-22(19)36-27(28,33)34)5-6-20-23(25(32)30-8-9-35-15-26(30,3)4)29-24(31(20)21)18-7-10-37-14-18/h7,10,12-14,16,33-34H,5-6,8-9,11,15H2,1-4H3. The number of fused-ring (bicyclic) bond motifs is 3. The lowest BCUT2D eigenvalue weighted by atomic mass is 9.94. The summed E-state index contributed by atoms with van der Waals surface area (Å²) in [4.78, 5) is 20.7. The maximum absolute atomic E-state index is 13.9. The van der Waals surface area contributed by atoms with Crippen LogP contribution in [0.3, 0.4) is 0 Å². The molecule has 1 aromatic carbocycles. The molecule has 5 rings (SSSR count). The Morgan fingerprint density at radius 3 is 2.76 bits per heavy atom. The molecule has 0 bridgehead atoms. The normalized spacial score (nSPS) is 17.0. The summed E-state index contributed by atoms with van der Waals surface area (Å²) in [5.74, 6) is -1.52. The molecule has 2 radical (unpaired) electrons. The third-order valence-corrected chi connectivity index (χ3v) is 7.55. The van der Waals surface area contributed by atoms with E-state index in [-0.39, 0.29) is 11.8 Å². The van der Waals surface area contributed by atoms with Crippen molar-refractivity contribution in [3.63, 3.8) is 0 Å². The summed E-state index contributed by atoms with van der Waals surface area (Å²) in [6.45, 7) is 9.70. The van der Waals surface area contributed by atoms with E-state index < -0.39 is 11.4 Å². The number of benzene rings is 1. The highest BCUT2D eigenvalue weighted by molar-refractivity contribution is 7.08. The number of hydrogen-bond acceptors (Lipinski definition) is 7. The Hall–Kier alpha value is -2.66. The van der Waals surface area contributed by atoms with Gasteiger partial charge in [0.25, 0.3) is 11.8 Å². The number of carbonyl (C=O) groups is 1. The fraction of sp³-hybridized carbons (Fsp3) is 0.481. The first kappa shape index (κ1) is 26.0. The first-order valence-corrected chi connectivity index (χ1v) is 13.5. The molecule has 194 valence electrons. The predicted octanol–water partition coefficient (Wildman–Crippen LogP) is 3.29. The van der Waals surface area contributed by atoms with Gasteiger partial charge in [0.1, 0.15) is 11.6 Å². The molecule has 37 heavy (non-hydrogen) atoms.